The van der Waals surface area contributed by atoms with Crippen LogP contribution >= 0.6 is 0 Å². The van der Waals surface area contributed by atoms with Crippen molar-refractivity contribution < 1.29 is 13.2 Å². The van der Waals surface area contributed by atoms with Crippen LogP contribution in [0.2, 0.25) is 0 Å². The summed E-state index contributed by atoms with van der Waals surface area (Å²) in [6.45, 7) is 0. The van der Waals surface area contributed by atoms with Crippen LogP contribution in [-0.4, -0.2) is 20.5 Å². The van der Waals surface area contributed by atoms with Crippen LogP contribution in [0.3, 0.4) is 0 Å². The molecule has 1 aromatic heterocycles. The van der Waals surface area contributed by atoms with Crippen LogP contribution in [0.4, 0.5) is 5.69 Å². The van der Waals surface area contributed by atoms with Gasteiger partial charge in [0.25, 0.3) is 10.0 Å². The SMILES string of the molecule is COc1ccc(NS(=O)(=O)C(C#N)=Cc2c[nH]c3ccccc23)cc1. The molecule has 0 aliphatic heterocycles. The first-order chi connectivity index (χ1) is 12.0. The quantitative estimate of drug-likeness (QED) is 0.687. The number of hydrogen-bond acceptors (Lipinski definition) is 4. The molecule has 0 unspecified atom stereocenters. The van der Waals surface area contributed by atoms with Crippen LogP contribution in [-0.2, 0) is 10.0 Å². The maximum atomic E-state index is 12.5. The Kier molecular flexibility index (Phi) is 4.46. The third-order valence-corrected chi connectivity index (χ3v) is 4.94. The first-order valence-electron chi connectivity index (χ1n) is 7.38. The molecule has 7 heteroatoms. The number of aromatic nitrogens is 1. The Morgan fingerprint density at radius 2 is 1.92 bits per heavy atom. The molecule has 0 amide bonds. The molecule has 0 saturated heterocycles. The summed E-state index contributed by atoms with van der Waals surface area (Å²) in [5, 5.41) is 10.2. The number of ether oxygens (including phenoxy) is 1. The van der Waals surface area contributed by atoms with Crippen molar-refractivity contribution in [1.82, 2.24) is 4.98 Å². The molecule has 126 valence electrons. The lowest BCUT2D eigenvalue weighted by Gasteiger charge is -2.07. The van der Waals surface area contributed by atoms with E-state index >= 15 is 0 Å². The summed E-state index contributed by atoms with van der Waals surface area (Å²) in [7, 11) is -2.47. The van der Waals surface area contributed by atoms with E-state index in [0.717, 1.165) is 10.9 Å². The van der Waals surface area contributed by atoms with Crippen molar-refractivity contribution in [3.8, 4) is 11.8 Å². The number of nitriles is 1. The topological polar surface area (TPSA) is 95.0 Å². The molecule has 1 heterocycles. The van der Waals surface area contributed by atoms with E-state index in [9.17, 15) is 13.7 Å². The highest BCUT2D eigenvalue weighted by molar-refractivity contribution is 7.96. The Hall–Kier alpha value is -3.24. The number of hydrogen-bond donors (Lipinski definition) is 2. The van der Waals surface area contributed by atoms with E-state index in [0.29, 0.717) is 17.0 Å². The van der Waals surface area contributed by atoms with Gasteiger partial charge in [0.05, 0.1) is 7.11 Å². The van der Waals surface area contributed by atoms with Gasteiger partial charge in [-0.05, 0) is 36.4 Å². The third kappa shape index (κ3) is 3.49. The first-order valence-corrected chi connectivity index (χ1v) is 8.86. The number of sulfonamides is 1. The highest BCUT2D eigenvalue weighted by Gasteiger charge is 2.18. The summed E-state index contributed by atoms with van der Waals surface area (Å²) in [5.74, 6) is 0.609. The van der Waals surface area contributed by atoms with Crippen molar-refractivity contribution in [3.63, 3.8) is 0 Å². The number of nitrogens with one attached hydrogen (secondary N) is 2. The Labute approximate surface area is 145 Å². The summed E-state index contributed by atoms with van der Waals surface area (Å²) >= 11 is 0. The summed E-state index contributed by atoms with van der Waals surface area (Å²) in [5.41, 5.74) is 1.85. The molecule has 0 atom stereocenters. The number of H-pyrrole nitrogens is 1. The lowest BCUT2D eigenvalue weighted by atomic mass is 10.1. The molecular formula is C18H15N3O3S. The van der Waals surface area contributed by atoms with Crippen molar-refractivity contribution in [2.45, 2.75) is 0 Å². The van der Waals surface area contributed by atoms with Gasteiger partial charge >= 0.3 is 0 Å². The fourth-order valence-corrected chi connectivity index (χ4v) is 3.35. The van der Waals surface area contributed by atoms with Crippen LogP contribution in [0, 0.1) is 11.3 Å². The van der Waals surface area contributed by atoms with Gasteiger partial charge < -0.3 is 9.72 Å². The van der Waals surface area contributed by atoms with E-state index in [-0.39, 0.29) is 4.91 Å². The van der Waals surface area contributed by atoms with Gasteiger partial charge in [-0.25, -0.2) is 8.42 Å². The van der Waals surface area contributed by atoms with Crippen molar-refractivity contribution in [2.24, 2.45) is 0 Å². The molecule has 25 heavy (non-hydrogen) atoms. The fourth-order valence-electron chi connectivity index (χ4n) is 2.39. The molecule has 0 aliphatic rings. The second-order valence-corrected chi connectivity index (χ2v) is 6.89. The van der Waals surface area contributed by atoms with Crippen LogP contribution < -0.4 is 9.46 Å². The molecule has 0 spiro atoms. The number of para-hydroxylation sites is 1. The minimum absolute atomic E-state index is 0.348. The van der Waals surface area contributed by atoms with E-state index in [1.54, 1.807) is 36.5 Å². The van der Waals surface area contributed by atoms with Crippen LogP contribution in [0.1, 0.15) is 5.56 Å². The number of methoxy groups -OCH3 is 1. The molecule has 2 aromatic carbocycles. The Bertz CT molecular complexity index is 1070. The van der Waals surface area contributed by atoms with Crippen molar-refractivity contribution in [1.29, 1.82) is 5.26 Å². The summed E-state index contributed by atoms with van der Waals surface area (Å²) in [6, 6.07) is 15.6. The number of benzene rings is 2. The smallest absolute Gasteiger partial charge is 0.272 e. The first kappa shape index (κ1) is 16.6. The van der Waals surface area contributed by atoms with Crippen LogP contribution in [0.15, 0.2) is 59.6 Å². The number of aromatic amines is 1. The second kappa shape index (κ2) is 6.71. The molecule has 0 bridgehead atoms. The van der Waals surface area contributed by atoms with Gasteiger partial charge in [-0.1, -0.05) is 18.2 Å². The Morgan fingerprint density at radius 1 is 1.20 bits per heavy atom. The van der Waals surface area contributed by atoms with E-state index in [1.165, 1.54) is 13.2 Å². The van der Waals surface area contributed by atoms with Crippen LogP contribution in [0.5, 0.6) is 5.75 Å². The highest BCUT2D eigenvalue weighted by atomic mass is 32.2. The molecule has 0 radical (unpaired) electrons. The van der Waals surface area contributed by atoms with E-state index in [2.05, 4.69) is 9.71 Å². The molecule has 3 aromatic rings. The molecule has 0 fully saturated rings. The van der Waals surface area contributed by atoms with E-state index < -0.39 is 10.0 Å². The number of nitrogens with zero attached hydrogens (tertiary/aromatic N) is 1. The fraction of sp³-hybridized carbons (Fsp3) is 0.0556. The average Bonchev–Trinajstić information content (AvgIpc) is 3.03. The number of allylic oxidation sites excluding steroid dienone is 1. The molecular weight excluding hydrogens is 338 g/mol. The van der Waals surface area contributed by atoms with Gasteiger partial charge in [-0.2, -0.15) is 5.26 Å². The molecule has 0 saturated carbocycles. The zero-order valence-electron chi connectivity index (χ0n) is 13.4. The maximum Gasteiger partial charge on any atom is 0.272 e. The van der Waals surface area contributed by atoms with Crippen molar-refractivity contribution in [2.75, 3.05) is 11.8 Å². The van der Waals surface area contributed by atoms with Gasteiger partial charge in [0.15, 0.2) is 4.91 Å². The largest absolute Gasteiger partial charge is 0.497 e. The van der Waals surface area contributed by atoms with Gasteiger partial charge in [0, 0.05) is 28.4 Å². The van der Waals surface area contributed by atoms with E-state index in [4.69, 9.17) is 4.74 Å². The summed E-state index contributed by atoms with van der Waals surface area (Å²) < 4.78 is 32.4. The predicted octanol–water partition coefficient (Wildman–Crippen LogP) is 3.48. The molecule has 3 rings (SSSR count). The van der Waals surface area contributed by atoms with Gasteiger partial charge in [0.2, 0.25) is 0 Å². The summed E-state index contributed by atoms with van der Waals surface area (Å²) in [6.07, 6.45) is 3.02. The lowest BCUT2D eigenvalue weighted by molar-refractivity contribution is 0.415. The Balaban J connectivity index is 1.94. The number of anilines is 1. The second-order valence-electron chi connectivity index (χ2n) is 5.24. The molecule has 6 nitrogen and oxygen atoms in total. The van der Waals surface area contributed by atoms with Crippen molar-refractivity contribution in [3.05, 3.63) is 65.2 Å². The standard InChI is InChI=1S/C18H15N3O3S/c1-24-15-8-6-14(7-9-15)21-25(22,23)16(11-19)10-13-12-20-18-5-3-2-4-17(13)18/h2-10,12,20-21H,1H3. The maximum absolute atomic E-state index is 12.5. The zero-order valence-corrected chi connectivity index (χ0v) is 14.2. The molecule has 2 N–H and O–H groups in total. The Morgan fingerprint density at radius 3 is 2.60 bits per heavy atom. The molecule has 0 aliphatic carbocycles. The van der Waals surface area contributed by atoms with Gasteiger partial charge in [0.1, 0.15) is 11.8 Å². The zero-order chi connectivity index (χ0) is 17.9. The monoisotopic (exact) mass is 353 g/mol. The van der Waals surface area contributed by atoms with Gasteiger partial charge in [-0.3, -0.25) is 4.72 Å². The average molecular weight is 353 g/mol. The highest BCUT2D eigenvalue weighted by Crippen LogP contribution is 2.23. The van der Waals surface area contributed by atoms with Crippen molar-refractivity contribution >= 4 is 32.7 Å². The van der Waals surface area contributed by atoms with Crippen LogP contribution in [0.25, 0.3) is 17.0 Å². The minimum Gasteiger partial charge on any atom is -0.497 e. The van der Waals surface area contributed by atoms with Gasteiger partial charge in [-0.15, -0.1) is 0 Å². The third-order valence-electron chi connectivity index (χ3n) is 3.65. The van der Waals surface area contributed by atoms with E-state index in [1.807, 2.05) is 24.3 Å². The lowest BCUT2D eigenvalue weighted by Crippen LogP contribution is -2.14. The predicted molar refractivity (Wildman–Crippen MR) is 97.4 cm³/mol. The number of rotatable bonds is 5. The minimum atomic E-state index is -3.99. The number of fused-ring (bicyclic) bond motifs is 1. The normalized spacial score (nSPS) is 11.9. The summed E-state index contributed by atoms with van der Waals surface area (Å²) in [4.78, 5) is 2.68.